The van der Waals surface area contributed by atoms with Crippen molar-refractivity contribution in [1.29, 1.82) is 0 Å². The van der Waals surface area contributed by atoms with E-state index in [1.165, 1.54) is 49.2 Å². The van der Waals surface area contributed by atoms with Crippen LogP contribution in [0.15, 0.2) is 28.9 Å². The molecule has 4 heteroatoms. The van der Waals surface area contributed by atoms with Crippen LogP contribution in [0, 0.1) is 28.6 Å². The summed E-state index contributed by atoms with van der Waals surface area (Å²) in [7, 11) is 1.55. The van der Waals surface area contributed by atoms with E-state index in [-0.39, 0.29) is 16.8 Å². The van der Waals surface area contributed by atoms with Crippen LogP contribution >= 0.6 is 0 Å². The van der Waals surface area contributed by atoms with Gasteiger partial charge in [0.05, 0.1) is 31.9 Å². The van der Waals surface area contributed by atoms with Gasteiger partial charge < -0.3 is 14.1 Å². The maximum Gasteiger partial charge on any atom is 0.311 e. The lowest BCUT2D eigenvalue weighted by Crippen LogP contribution is -3.11. The van der Waals surface area contributed by atoms with Crippen molar-refractivity contribution >= 4 is 5.97 Å². The maximum absolute atomic E-state index is 12.8. The zero-order valence-electron chi connectivity index (χ0n) is 20.8. The first-order valence-corrected chi connectivity index (χ1v) is 12.9. The Kier molecular flexibility index (Phi) is 6.91. The summed E-state index contributed by atoms with van der Waals surface area (Å²) in [5.41, 5.74) is 2.52. The summed E-state index contributed by atoms with van der Waals surface area (Å²) in [5, 5.41) is 0. The molecule has 4 nitrogen and oxygen atoms in total. The van der Waals surface area contributed by atoms with E-state index in [9.17, 15) is 4.79 Å². The summed E-state index contributed by atoms with van der Waals surface area (Å²) in [5.74, 6) is 2.86. The third-order valence-corrected chi connectivity index (χ3v) is 9.60. The van der Waals surface area contributed by atoms with E-state index in [1.807, 2.05) is 6.26 Å². The van der Waals surface area contributed by atoms with Gasteiger partial charge in [0.15, 0.2) is 5.76 Å². The van der Waals surface area contributed by atoms with Gasteiger partial charge in [-0.3, -0.25) is 4.79 Å². The number of rotatable bonds is 6. The summed E-state index contributed by atoms with van der Waals surface area (Å²) in [6.07, 6.45) is 12.0. The summed E-state index contributed by atoms with van der Waals surface area (Å²) in [6.45, 7) is 15.0. The van der Waals surface area contributed by atoms with E-state index in [0.717, 1.165) is 51.0 Å². The van der Waals surface area contributed by atoms with Crippen molar-refractivity contribution in [2.75, 3.05) is 20.2 Å². The number of methoxy groups -OCH3 is 1. The number of nitrogens with one attached hydrogen (secondary N) is 1. The largest absolute Gasteiger partial charge is 0.469 e. The van der Waals surface area contributed by atoms with Gasteiger partial charge in [0.2, 0.25) is 0 Å². The van der Waals surface area contributed by atoms with E-state index >= 15 is 0 Å². The molecule has 1 aliphatic heterocycles. The van der Waals surface area contributed by atoms with Gasteiger partial charge in [-0.15, -0.1) is 0 Å². The number of hydrogen-bond acceptors (Lipinski definition) is 3. The van der Waals surface area contributed by atoms with Crippen LogP contribution in [0.3, 0.4) is 0 Å². The van der Waals surface area contributed by atoms with Gasteiger partial charge in [0.1, 0.15) is 6.54 Å². The first-order chi connectivity index (χ1) is 15.3. The number of piperidine rings is 1. The molecule has 1 saturated heterocycles. The van der Waals surface area contributed by atoms with Crippen LogP contribution in [0.4, 0.5) is 0 Å². The van der Waals surface area contributed by atoms with Crippen molar-refractivity contribution < 1.29 is 18.8 Å². The molecule has 178 valence electrons. The highest BCUT2D eigenvalue weighted by atomic mass is 16.5. The number of furan rings is 1. The van der Waals surface area contributed by atoms with Gasteiger partial charge in [0.25, 0.3) is 0 Å². The Balaban J connectivity index is 1.47. The van der Waals surface area contributed by atoms with Crippen molar-refractivity contribution in [3.05, 3.63) is 35.8 Å². The minimum atomic E-state index is -0.365. The lowest BCUT2D eigenvalue weighted by molar-refractivity contribution is -0.920. The standard InChI is InChI=1S/C28H43NO3/c1-20-11-16-29(17-12-20)19-24-22(13-18-32-24)8-9-23-21(2)7-10-25-27(23,3)14-6-15-28(25,4)26(30)31-5/h13,18,20,23,25H,2,6-12,14-17,19H2,1,3-5H3/p+1/t23-,25-,27+,28-/m0/s1. The molecule has 0 bridgehead atoms. The minimum absolute atomic E-state index is 0.0179. The predicted molar refractivity (Wildman–Crippen MR) is 127 cm³/mol. The number of hydrogen-bond donors (Lipinski definition) is 1. The molecule has 2 saturated carbocycles. The van der Waals surface area contributed by atoms with E-state index < -0.39 is 0 Å². The van der Waals surface area contributed by atoms with Gasteiger partial charge in [-0.2, -0.15) is 0 Å². The number of carbonyl (C=O) groups excluding carboxylic acids is 1. The quantitative estimate of drug-likeness (QED) is 0.499. The zero-order valence-corrected chi connectivity index (χ0v) is 20.8. The van der Waals surface area contributed by atoms with Crippen molar-refractivity contribution in [2.45, 2.75) is 85.1 Å². The lowest BCUT2D eigenvalue weighted by Gasteiger charge is -2.57. The summed E-state index contributed by atoms with van der Waals surface area (Å²) < 4.78 is 11.3. The smallest absolute Gasteiger partial charge is 0.311 e. The average molecular weight is 443 g/mol. The van der Waals surface area contributed by atoms with Crippen molar-refractivity contribution in [3.63, 3.8) is 0 Å². The molecule has 4 rings (SSSR count). The highest BCUT2D eigenvalue weighted by Crippen LogP contribution is 2.62. The van der Waals surface area contributed by atoms with Gasteiger partial charge in [0, 0.05) is 0 Å². The van der Waals surface area contributed by atoms with E-state index in [1.54, 1.807) is 12.0 Å². The Bertz CT molecular complexity index is 820. The molecule has 0 amide bonds. The van der Waals surface area contributed by atoms with Crippen molar-refractivity contribution in [3.8, 4) is 0 Å². The van der Waals surface area contributed by atoms with Crippen LogP contribution in [-0.2, 0) is 22.5 Å². The number of fused-ring (bicyclic) bond motifs is 1. The Labute approximate surface area is 194 Å². The summed E-state index contributed by atoms with van der Waals surface area (Å²) in [4.78, 5) is 14.5. The first kappa shape index (κ1) is 23.6. The molecular weight excluding hydrogens is 398 g/mol. The number of aryl methyl sites for hydroxylation is 1. The third-order valence-electron chi connectivity index (χ3n) is 9.60. The fourth-order valence-electron chi connectivity index (χ4n) is 7.58. The molecule has 0 unspecified atom stereocenters. The second kappa shape index (κ2) is 9.37. The molecule has 3 fully saturated rings. The maximum atomic E-state index is 12.8. The van der Waals surface area contributed by atoms with Gasteiger partial charge in [-0.05, 0) is 93.1 Å². The SMILES string of the molecule is C=C1CC[C@H]2[C@](C)(CCC[C@]2(C)C(=O)OC)[C@H]1CCc1ccoc1C[NH+]1CCC(C)CC1. The van der Waals surface area contributed by atoms with Gasteiger partial charge >= 0.3 is 5.97 Å². The lowest BCUT2D eigenvalue weighted by atomic mass is 9.46. The van der Waals surface area contributed by atoms with Crippen LogP contribution in [0.2, 0.25) is 0 Å². The Hall–Kier alpha value is -1.55. The molecule has 0 radical (unpaired) electrons. The zero-order chi connectivity index (χ0) is 22.9. The normalized spacial score (nSPS) is 37.7. The van der Waals surface area contributed by atoms with Crippen LogP contribution < -0.4 is 4.90 Å². The van der Waals surface area contributed by atoms with Crippen LogP contribution in [0.25, 0.3) is 0 Å². The molecule has 4 atom stereocenters. The highest BCUT2D eigenvalue weighted by molar-refractivity contribution is 5.77. The Morgan fingerprint density at radius 1 is 1.25 bits per heavy atom. The molecular formula is C28H44NO3+. The number of esters is 1. The van der Waals surface area contributed by atoms with Crippen LogP contribution in [0.1, 0.15) is 83.5 Å². The fraction of sp³-hybridized carbons (Fsp3) is 0.750. The van der Waals surface area contributed by atoms with Gasteiger partial charge in [-0.25, -0.2) is 0 Å². The topological polar surface area (TPSA) is 43.9 Å². The number of allylic oxidation sites excluding steroid dienone is 1. The van der Waals surface area contributed by atoms with Crippen molar-refractivity contribution in [1.82, 2.24) is 0 Å². The van der Waals surface area contributed by atoms with E-state index in [0.29, 0.717) is 11.8 Å². The summed E-state index contributed by atoms with van der Waals surface area (Å²) >= 11 is 0. The van der Waals surface area contributed by atoms with Crippen LogP contribution in [-0.4, -0.2) is 26.2 Å². The molecule has 2 aliphatic carbocycles. The molecule has 1 aromatic rings. The number of carbonyl (C=O) groups is 1. The molecule has 3 aliphatic rings. The Morgan fingerprint density at radius 3 is 2.72 bits per heavy atom. The average Bonchev–Trinajstić information content (AvgIpc) is 3.21. The Morgan fingerprint density at radius 2 is 2.00 bits per heavy atom. The second-order valence-corrected chi connectivity index (χ2v) is 11.6. The predicted octanol–water partition coefficient (Wildman–Crippen LogP) is 4.98. The molecule has 32 heavy (non-hydrogen) atoms. The number of likely N-dealkylation sites (tertiary alicyclic amines) is 1. The second-order valence-electron chi connectivity index (χ2n) is 11.6. The number of ether oxygens (including phenoxy) is 1. The van der Waals surface area contributed by atoms with Crippen LogP contribution in [0.5, 0.6) is 0 Å². The fourth-order valence-corrected chi connectivity index (χ4v) is 7.58. The molecule has 2 heterocycles. The first-order valence-electron chi connectivity index (χ1n) is 12.9. The minimum Gasteiger partial charge on any atom is -0.469 e. The number of quaternary nitrogens is 1. The summed E-state index contributed by atoms with van der Waals surface area (Å²) in [6, 6.07) is 2.19. The molecule has 1 aromatic heterocycles. The highest BCUT2D eigenvalue weighted by Gasteiger charge is 2.57. The van der Waals surface area contributed by atoms with Crippen molar-refractivity contribution in [2.24, 2.45) is 28.6 Å². The van der Waals surface area contributed by atoms with E-state index in [2.05, 4.69) is 33.4 Å². The third kappa shape index (κ3) is 4.32. The molecule has 1 N–H and O–H groups in total. The molecule has 0 aromatic carbocycles. The van der Waals surface area contributed by atoms with E-state index in [4.69, 9.17) is 9.15 Å². The monoisotopic (exact) mass is 442 g/mol. The van der Waals surface area contributed by atoms with Gasteiger partial charge in [-0.1, -0.05) is 32.4 Å². The molecule has 0 spiro atoms.